The molecule has 1 heterocycles. The lowest BCUT2D eigenvalue weighted by molar-refractivity contribution is -0.139. The fourth-order valence-corrected chi connectivity index (χ4v) is 3.25. The number of carbonyl (C=O) groups excluding carboxylic acids is 2. The Morgan fingerprint density at radius 2 is 1.86 bits per heavy atom. The Kier molecular flexibility index (Phi) is 6.54. The minimum absolute atomic E-state index is 0.0412. The van der Waals surface area contributed by atoms with E-state index in [0.717, 1.165) is 11.1 Å². The summed E-state index contributed by atoms with van der Waals surface area (Å²) in [6.45, 7) is 6.30. The van der Waals surface area contributed by atoms with E-state index < -0.39 is 12.0 Å². The van der Waals surface area contributed by atoms with Gasteiger partial charge in [0.25, 0.3) is 0 Å². The molecular formula is C23H26N2O4. The zero-order valence-corrected chi connectivity index (χ0v) is 16.9. The number of benzene rings is 2. The van der Waals surface area contributed by atoms with E-state index in [1.54, 1.807) is 6.92 Å². The quantitative estimate of drug-likeness (QED) is 0.694. The summed E-state index contributed by atoms with van der Waals surface area (Å²) < 4.78 is 11.2. The van der Waals surface area contributed by atoms with Crippen molar-refractivity contribution < 1.29 is 19.1 Å². The summed E-state index contributed by atoms with van der Waals surface area (Å²) in [5.74, 6) is 0.179. The van der Waals surface area contributed by atoms with Gasteiger partial charge in [-0.3, -0.25) is 0 Å². The average Bonchev–Trinajstić information content (AvgIpc) is 2.72. The second-order valence-electron chi connectivity index (χ2n) is 7.08. The third kappa shape index (κ3) is 4.96. The van der Waals surface area contributed by atoms with Gasteiger partial charge in [0.05, 0.1) is 18.2 Å². The predicted octanol–water partition coefficient (Wildman–Crippen LogP) is 4.09. The van der Waals surface area contributed by atoms with Crippen LogP contribution in [-0.2, 0) is 16.1 Å². The molecule has 2 amide bonds. The third-order valence-corrected chi connectivity index (χ3v) is 4.61. The van der Waals surface area contributed by atoms with E-state index in [-0.39, 0.29) is 18.6 Å². The number of rotatable bonds is 7. The van der Waals surface area contributed by atoms with Gasteiger partial charge in [0.15, 0.2) is 0 Å². The predicted molar refractivity (Wildman–Crippen MR) is 110 cm³/mol. The Bertz CT molecular complexity index is 906. The van der Waals surface area contributed by atoms with Gasteiger partial charge in [-0.1, -0.05) is 56.3 Å². The van der Waals surface area contributed by atoms with Gasteiger partial charge in [-0.05, 0) is 36.1 Å². The second-order valence-corrected chi connectivity index (χ2v) is 7.08. The van der Waals surface area contributed by atoms with Crippen LogP contribution in [0.5, 0.6) is 5.75 Å². The molecule has 29 heavy (non-hydrogen) atoms. The molecular weight excluding hydrogens is 368 g/mol. The van der Waals surface area contributed by atoms with Crippen LogP contribution in [0.2, 0.25) is 0 Å². The number of amides is 2. The van der Waals surface area contributed by atoms with E-state index in [9.17, 15) is 9.59 Å². The van der Waals surface area contributed by atoms with Crippen molar-refractivity contribution in [2.75, 3.05) is 6.61 Å². The van der Waals surface area contributed by atoms with E-state index in [1.807, 2.05) is 68.4 Å². The van der Waals surface area contributed by atoms with Gasteiger partial charge in [-0.15, -0.1) is 0 Å². The number of urea groups is 1. The molecule has 0 fully saturated rings. The zero-order valence-electron chi connectivity index (χ0n) is 16.9. The Labute approximate surface area is 170 Å². The molecule has 6 nitrogen and oxygen atoms in total. The van der Waals surface area contributed by atoms with Gasteiger partial charge in [0.1, 0.15) is 12.4 Å². The SMILES string of the molecule is CCOC(=O)C1=C(C(C)C)NC(=O)NC1c1cccc(OCc2ccccc2)c1. The minimum atomic E-state index is -0.611. The lowest BCUT2D eigenvalue weighted by Gasteiger charge is -2.31. The topological polar surface area (TPSA) is 76.7 Å². The first kappa shape index (κ1) is 20.5. The molecule has 0 radical (unpaired) electrons. The van der Waals surface area contributed by atoms with Crippen molar-refractivity contribution in [1.29, 1.82) is 0 Å². The molecule has 0 bridgehead atoms. The number of carbonyl (C=O) groups is 2. The van der Waals surface area contributed by atoms with Crippen molar-refractivity contribution in [1.82, 2.24) is 10.6 Å². The molecule has 1 aliphatic heterocycles. The molecule has 152 valence electrons. The van der Waals surface area contributed by atoms with Crippen LogP contribution in [-0.4, -0.2) is 18.6 Å². The summed E-state index contributed by atoms with van der Waals surface area (Å²) in [4.78, 5) is 24.9. The fourth-order valence-electron chi connectivity index (χ4n) is 3.25. The van der Waals surface area contributed by atoms with Gasteiger partial charge < -0.3 is 20.1 Å². The second kappa shape index (κ2) is 9.28. The lowest BCUT2D eigenvalue weighted by atomic mass is 9.91. The standard InChI is InChI=1S/C23H26N2O4/c1-4-28-22(26)19-20(15(2)3)24-23(27)25-21(19)17-11-8-12-18(13-17)29-14-16-9-6-5-7-10-16/h5-13,15,21H,4,14H2,1-3H3,(H2,24,25,27). The maximum absolute atomic E-state index is 12.7. The van der Waals surface area contributed by atoms with Crippen molar-refractivity contribution >= 4 is 12.0 Å². The average molecular weight is 394 g/mol. The Hall–Kier alpha value is -3.28. The molecule has 6 heteroatoms. The van der Waals surface area contributed by atoms with Crippen molar-refractivity contribution in [3.05, 3.63) is 77.0 Å². The summed E-state index contributed by atoms with van der Waals surface area (Å²) in [5, 5.41) is 5.61. The largest absolute Gasteiger partial charge is 0.489 e. The first-order chi connectivity index (χ1) is 14.0. The van der Waals surface area contributed by atoms with Crippen LogP contribution in [0.4, 0.5) is 4.79 Å². The highest BCUT2D eigenvalue weighted by molar-refractivity contribution is 5.95. The van der Waals surface area contributed by atoms with E-state index in [2.05, 4.69) is 10.6 Å². The van der Waals surface area contributed by atoms with Crippen LogP contribution in [0.25, 0.3) is 0 Å². The summed E-state index contributed by atoms with van der Waals surface area (Å²) in [5.41, 5.74) is 2.81. The van der Waals surface area contributed by atoms with Crippen molar-refractivity contribution in [2.24, 2.45) is 5.92 Å². The van der Waals surface area contributed by atoms with Crippen LogP contribution < -0.4 is 15.4 Å². The molecule has 0 spiro atoms. The molecule has 2 aromatic carbocycles. The molecule has 0 saturated heterocycles. The van der Waals surface area contributed by atoms with Crippen molar-refractivity contribution in [3.63, 3.8) is 0 Å². The fraction of sp³-hybridized carbons (Fsp3) is 0.304. The maximum Gasteiger partial charge on any atom is 0.338 e. The molecule has 1 atom stereocenters. The number of esters is 1. The van der Waals surface area contributed by atoms with Crippen LogP contribution in [0, 0.1) is 5.92 Å². The monoisotopic (exact) mass is 394 g/mol. The number of allylic oxidation sites excluding steroid dienone is 1. The summed E-state index contributed by atoms with van der Waals surface area (Å²) in [6, 6.07) is 16.3. The Balaban J connectivity index is 1.91. The summed E-state index contributed by atoms with van der Waals surface area (Å²) in [7, 11) is 0. The molecule has 2 N–H and O–H groups in total. The zero-order chi connectivity index (χ0) is 20.8. The highest BCUT2D eigenvalue weighted by Gasteiger charge is 2.34. The Morgan fingerprint density at radius 3 is 2.55 bits per heavy atom. The smallest absolute Gasteiger partial charge is 0.338 e. The van der Waals surface area contributed by atoms with Crippen LogP contribution in [0.15, 0.2) is 65.9 Å². The van der Waals surface area contributed by atoms with Gasteiger partial charge in [0.2, 0.25) is 0 Å². The molecule has 3 rings (SSSR count). The molecule has 0 aliphatic carbocycles. The molecule has 2 aromatic rings. The van der Waals surface area contributed by atoms with Gasteiger partial charge in [-0.25, -0.2) is 9.59 Å². The summed E-state index contributed by atoms with van der Waals surface area (Å²) in [6.07, 6.45) is 0. The first-order valence-corrected chi connectivity index (χ1v) is 9.75. The van der Waals surface area contributed by atoms with Crippen LogP contribution >= 0.6 is 0 Å². The van der Waals surface area contributed by atoms with Crippen molar-refractivity contribution in [2.45, 2.75) is 33.4 Å². The van der Waals surface area contributed by atoms with E-state index in [1.165, 1.54) is 0 Å². The minimum Gasteiger partial charge on any atom is -0.489 e. The number of hydrogen-bond acceptors (Lipinski definition) is 4. The summed E-state index contributed by atoms with van der Waals surface area (Å²) >= 11 is 0. The Morgan fingerprint density at radius 1 is 1.10 bits per heavy atom. The molecule has 0 aromatic heterocycles. The normalized spacial score (nSPS) is 16.3. The van der Waals surface area contributed by atoms with Gasteiger partial charge >= 0.3 is 12.0 Å². The first-order valence-electron chi connectivity index (χ1n) is 9.75. The van der Waals surface area contributed by atoms with Gasteiger partial charge in [-0.2, -0.15) is 0 Å². The third-order valence-electron chi connectivity index (χ3n) is 4.61. The number of hydrogen-bond donors (Lipinski definition) is 2. The number of nitrogens with one attached hydrogen (secondary N) is 2. The van der Waals surface area contributed by atoms with E-state index >= 15 is 0 Å². The molecule has 1 aliphatic rings. The van der Waals surface area contributed by atoms with E-state index in [0.29, 0.717) is 23.6 Å². The molecule has 0 saturated carbocycles. The van der Waals surface area contributed by atoms with Crippen LogP contribution in [0.3, 0.4) is 0 Å². The van der Waals surface area contributed by atoms with Crippen LogP contribution in [0.1, 0.15) is 37.9 Å². The lowest BCUT2D eigenvalue weighted by Crippen LogP contribution is -2.47. The van der Waals surface area contributed by atoms with Crippen molar-refractivity contribution in [3.8, 4) is 5.75 Å². The van der Waals surface area contributed by atoms with Gasteiger partial charge in [0, 0.05) is 5.70 Å². The van der Waals surface area contributed by atoms with E-state index in [4.69, 9.17) is 9.47 Å². The molecule has 1 unspecified atom stereocenters. The number of ether oxygens (including phenoxy) is 2. The highest BCUT2D eigenvalue weighted by Crippen LogP contribution is 2.32. The highest BCUT2D eigenvalue weighted by atomic mass is 16.5. The maximum atomic E-state index is 12.7.